The number of rotatable bonds is 5. The maximum absolute atomic E-state index is 13.7. The first-order valence-corrected chi connectivity index (χ1v) is 9.10. The van der Waals surface area contributed by atoms with Gasteiger partial charge in [-0.2, -0.15) is 0 Å². The van der Waals surface area contributed by atoms with E-state index in [1.807, 2.05) is 24.3 Å². The molecule has 26 heavy (non-hydrogen) atoms. The number of aryl methyl sites for hydroxylation is 2. The molecule has 2 heterocycles. The number of aromatic nitrogens is 1. The smallest absolute Gasteiger partial charge is 0.286 e. The molecule has 1 saturated heterocycles. The summed E-state index contributed by atoms with van der Waals surface area (Å²) in [7, 11) is 0. The summed E-state index contributed by atoms with van der Waals surface area (Å²) < 4.78 is 19.1. The summed E-state index contributed by atoms with van der Waals surface area (Å²) in [6, 6.07) is 12.3. The molecule has 1 aliphatic rings. The average molecular weight is 370 g/mol. The van der Waals surface area contributed by atoms with E-state index in [0.29, 0.717) is 30.4 Å². The van der Waals surface area contributed by atoms with Crippen molar-refractivity contribution in [3.05, 3.63) is 65.1 Å². The molecule has 0 radical (unpaired) electrons. The zero-order valence-electron chi connectivity index (χ0n) is 13.7. The van der Waals surface area contributed by atoms with E-state index >= 15 is 0 Å². The van der Waals surface area contributed by atoms with E-state index in [-0.39, 0.29) is 17.0 Å². The number of amides is 2. The molecule has 0 aliphatic carbocycles. The van der Waals surface area contributed by atoms with Crippen LogP contribution in [-0.4, -0.2) is 21.6 Å². The predicted octanol–water partition coefficient (Wildman–Crippen LogP) is 3.65. The van der Waals surface area contributed by atoms with Gasteiger partial charge < -0.3 is 4.52 Å². The van der Waals surface area contributed by atoms with Crippen LogP contribution in [0.4, 0.5) is 9.18 Å². The van der Waals surface area contributed by atoms with Crippen LogP contribution in [0.5, 0.6) is 0 Å². The lowest BCUT2D eigenvalue weighted by Crippen LogP contribution is -2.25. The number of benzene rings is 2. The van der Waals surface area contributed by atoms with Gasteiger partial charge in [-0.05, 0) is 48.6 Å². The van der Waals surface area contributed by atoms with Gasteiger partial charge in [-0.15, -0.1) is 0 Å². The second-order valence-corrected chi connectivity index (χ2v) is 7.31. The van der Waals surface area contributed by atoms with Crippen molar-refractivity contribution in [1.82, 2.24) is 10.5 Å². The van der Waals surface area contributed by atoms with Crippen LogP contribution in [0.25, 0.3) is 11.0 Å². The third kappa shape index (κ3) is 3.35. The summed E-state index contributed by atoms with van der Waals surface area (Å²) in [5.41, 5.74) is 2.95. The highest BCUT2D eigenvalue weighted by molar-refractivity contribution is 8.15. The van der Waals surface area contributed by atoms with Crippen molar-refractivity contribution in [3.8, 4) is 0 Å². The lowest BCUT2D eigenvalue weighted by atomic mass is 10.0. The predicted molar refractivity (Wildman–Crippen MR) is 96.4 cm³/mol. The van der Waals surface area contributed by atoms with Gasteiger partial charge in [-0.1, -0.05) is 41.2 Å². The molecule has 0 spiro atoms. The minimum absolute atomic E-state index is 0.218. The Morgan fingerprint density at radius 3 is 2.77 bits per heavy atom. The molecule has 1 aromatic heterocycles. The van der Waals surface area contributed by atoms with E-state index in [1.54, 1.807) is 12.1 Å². The largest absolute Gasteiger partial charge is 0.356 e. The Morgan fingerprint density at radius 2 is 2.00 bits per heavy atom. The first-order valence-electron chi connectivity index (χ1n) is 8.22. The zero-order valence-corrected chi connectivity index (χ0v) is 14.5. The van der Waals surface area contributed by atoms with Gasteiger partial charge >= 0.3 is 0 Å². The molecule has 1 fully saturated rings. The Balaban J connectivity index is 1.49. The molecule has 1 unspecified atom stereocenters. The van der Waals surface area contributed by atoms with E-state index in [0.717, 1.165) is 28.4 Å². The molecular weight excluding hydrogens is 355 g/mol. The van der Waals surface area contributed by atoms with Crippen LogP contribution in [0.3, 0.4) is 0 Å². The fourth-order valence-corrected chi connectivity index (χ4v) is 3.90. The molecule has 2 aromatic carbocycles. The van der Waals surface area contributed by atoms with Gasteiger partial charge in [0.15, 0.2) is 5.58 Å². The van der Waals surface area contributed by atoms with Crippen molar-refractivity contribution < 1.29 is 18.5 Å². The quantitative estimate of drug-likeness (QED) is 0.742. The van der Waals surface area contributed by atoms with E-state index in [9.17, 15) is 14.0 Å². The highest BCUT2D eigenvalue weighted by Crippen LogP contribution is 2.26. The number of hydrogen-bond donors (Lipinski definition) is 1. The van der Waals surface area contributed by atoms with Crippen molar-refractivity contribution in [1.29, 1.82) is 0 Å². The van der Waals surface area contributed by atoms with Crippen molar-refractivity contribution in [2.45, 2.75) is 24.5 Å². The van der Waals surface area contributed by atoms with E-state index in [4.69, 9.17) is 4.52 Å². The lowest BCUT2D eigenvalue weighted by molar-refractivity contribution is -0.118. The van der Waals surface area contributed by atoms with E-state index < -0.39 is 5.25 Å². The van der Waals surface area contributed by atoms with Gasteiger partial charge in [0.2, 0.25) is 5.91 Å². The molecule has 1 atom stereocenters. The molecule has 4 rings (SSSR count). The first-order chi connectivity index (χ1) is 12.6. The Hall–Kier alpha value is -2.67. The summed E-state index contributed by atoms with van der Waals surface area (Å²) in [6.45, 7) is 0. The number of nitrogens with zero attached hydrogens (tertiary/aromatic N) is 1. The van der Waals surface area contributed by atoms with Crippen LogP contribution in [0.15, 0.2) is 47.0 Å². The summed E-state index contributed by atoms with van der Waals surface area (Å²) in [5, 5.41) is 6.54. The Bertz CT molecular complexity index is 1000. The first kappa shape index (κ1) is 16.8. The fourth-order valence-electron chi connectivity index (χ4n) is 3.04. The van der Waals surface area contributed by atoms with Crippen LogP contribution in [0, 0.1) is 5.82 Å². The number of fused-ring (bicyclic) bond motifs is 1. The SMILES string of the molecule is O=C1NC(=O)C(Cc2ccc3c(CCc4ccccc4F)noc3c2)S1. The molecule has 1 N–H and O–H groups in total. The van der Waals surface area contributed by atoms with Gasteiger partial charge in [-0.25, -0.2) is 4.39 Å². The summed E-state index contributed by atoms with van der Waals surface area (Å²) >= 11 is 1.00. The second kappa shape index (κ2) is 6.92. The van der Waals surface area contributed by atoms with Crippen molar-refractivity contribution >= 4 is 33.9 Å². The maximum atomic E-state index is 13.7. The van der Waals surface area contributed by atoms with Crippen LogP contribution >= 0.6 is 11.8 Å². The molecule has 7 heteroatoms. The molecular formula is C19H15FN2O3S. The highest BCUT2D eigenvalue weighted by atomic mass is 32.2. The number of hydrogen-bond acceptors (Lipinski definition) is 5. The summed E-state index contributed by atoms with van der Waals surface area (Å²) in [5.74, 6) is -0.479. The molecule has 0 saturated carbocycles. The maximum Gasteiger partial charge on any atom is 0.286 e. The van der Waals surface area contributed by atoms with Crippen molar-refractivity contribution in [2.75, 3.05) is 0 Å². The van der Waals surface area contributed by atoms with Gasteiger partial charge in [0.25, 0.3) is 5.24 Å². The number of halogens is 1. The average Bonchev–Trinajstić information content (AvgIpc) is 3.16. The van der Waals surface area contributed by atoms with Gasteiger partial charge in [0.1, 0.15) is 5.82 Å². The number of carbonyl (C=O) groups is 2. The van der Waals surface area contributed by atoms with Crippen molar-refractivity contribution in [3.63, 3.8) is 0 Å². The second-order valence-electron chi connectivity index (χ2n) is 6.14. The van der Waals surface area contributed by atoms with Crippen LogP contribution in [0.2, 0.25) is 0 Å². The number of carbonyl (C=O) groups excluding carboxylic acids is 2. The molecule has 2 amide bonds. The Labute approximate surface area is 152 Å². The Kier molecular flexibility index (Phi) is 4.46. The number of imide groups is 1. The molecule has 132 valence electrons. The zero-order chi connectivity index (χ0) is 18.1. The molecule has 1 aliphatic heterocycles. The minimum atomic E-state index is -0.414. The van der Waals surface area contributed by atoms with E-state index in [2.05, 4.69) is 10.5 Å². The van der Waals surface area contributed by atoms with Crippen molar-refractivity contribution in [2.24, 2.45) is 0 Å². The van der Waals surface area contributed by atoms with Gasteiger partial charge in [-0.3, -0.25) is 14.9 Å². The third-order valence-electron chi connectivity index (χ3n) is 4.39. The topological polar surface area (TPSA) is 72.2 Å². The normalized spacial score (nSPS) is 17.0. The molecule has 3 aromatic rings. The highest BCUT2D eigenvalue weighted by Gasteiger charge is 2.31. The van der Waals surface area contributed by atoms with Gasteiger partial charge in [0, 0.05) is 5.39 Å². The van der Waals surface area contributed by atoms with E-state index in [1.165, 1.54) is 6.07 Å². The standard InChI is InChI=1S/C19H15FN2O3S/c20-14-4-2-1-3-12(14)6-8-15-13-7-5-11(9-16(13)25-22-15)10-17-18(23)21-19(24)26-17/h1-5,7,9,17H,6,8,10H2,(H,21,23,24). The summed E-state index contributed by atoms with van der Waals surface area (Å²) in [4.78, 5) is 22.9. The number of thioether (sulfide) groups is 1. The van der Waals surface area contributed by atoms with Crippen LogP contribution in [-0.2, 0) is 24.1 Å². The Morgan fingerprint density at radius 1 is 1.15 bits per heavy atom. The lowest BCUT2D eigenvalue weighted by Gasteiger charge is -2.05. The van der Waals surface area contributed by atoms with Gasteiger partial charge in [0.05, 0.1) is 10.9 Å². The third-order valence-corrected chi connectivity index (χ3v) is 5.37. The monoisotopic (exact) mass is 370 g/mol. The van der Waals surface area contributed by atoms with Crippen LogP contribution in [0.1, 0.15) is 16.8 Å². The fraction of sp³-hybridized carbons (Fsp3) is 0.211. The van der Waals surface area contributed by atoms with Crippen LogP contribution < -0.4 is 5.32 Å². The molecule has 5 nitrogen and oxygen atoms in total. The number of nitrogens with one attached hydrogen (secondary N) is 1. The molecule has 0 bridgehead atoms. The summed E-state index contributed by atoms with van der Waals surface area (Å²) in [6.07, 6.45) is 1.56. The minimum Gasteiger partial charge on any atom is -0.356 e.